The predicted molar refractivity (Wildman–Crippen MR) is 138 cm³/mol. The van der Waals surface area contributed by atoms with Gasteiger partial charge in [-0.3, -0.25) is 9.36 Å². The van der Waals surface area contributed by atoms with Gasteiger partial charge in [0.15, 0.2) is 5.16 Å². The summed E-state index contributed by atoms with van der Waals surface area (Å²) in [5.41, 5.74) is 4.03. The van der Waals surface area contributed by atoms with Crippen LogP contribution >= 0.6 is 23.1 Å². The lowest BCUT2D eigenvalue weighted by atomic mass is 10.2. The molecule has 9 heteroatoms. The predicted octanol–water partition coefficient (Wildman–Crippen LogP) is 5.11. The van der Waals surface area contributed by atoms with Crippen molar-refractivity contribution in [3.63, 3.8) is 0 Å². The van der Waals surface area contributed by atoms with Crippen molar-refractivity contribution in [1.29, 1.82) is 0 Å². The number of amides is 1. The molecule has 3 heterocycles. The first-order chi connectivity index (χ1) is 16.7. The van der Waals surface area contributed by atoms with E-state index in [9.17, 15) is 4.79 Å². The highest BCUT2D eigenvalue weighted by atomic mass is 32.2. The van der Waals surface area contributed by atoms with Crippen LogP contribution in [0.1, 0.15) is 29.1 Å². The van der Waals surface area contributed by atoms with Gasteiger partial charge in [-0.05, 0) is 44.0 Å². The molecule has 0 bridgehead atoms. The largest absolute Gasteiger partial charge is 0.341 e. The molecule has 2 aromatic heterocycles. The van der Waals surface area contributed by atoms with Gasteiger partial charge in [0.1, 0.15) is 5.01 Å². The SMILES string of the molecule is Cc1ccc(-n2c(SCc3csc(CC(=O)Nc4ccccc4)n3)nnc2N2CCCC2)cc1. The smallest absolute Gasteiger partial charge is 0.232 e. The molecule has 1 amide bonds. The van der Waals surface area contributed by atoms with Crippen molar-refractivity contribution < 1.29 is 4.79 Å². The molecular formula is C25H26N6OS2. The molecule has 1 N–H and O–H groups in total. The van der Waals surface area contributed by atoms with Gasteiger partial charge in [0.05, 0.1) is 17.8 Å². The summed E-state index contributed by atoms with van der Waals surface area (Å²) in [4.78, 5) is 19.3. The zero-order valence-electron chi connectivity index (χ0n) is 19.0. The Morgan fingerprint density at radius 1 is 1.06 bits per heavy atom. The van der Waals surface area contributed by atoms with E-state index in [4.69, 9.17) is 0 Å². The summed E-state index contributed by atoms with van der Waals surface area (Å²) in [6.07, 6.45) is 2.63. The summed E-state index contributed by atoms with van der Waals surface area (Å²) in [7, 11) is 0. The van der Waals surface area contributed by atoms with E-state index in [2.05, 4.69) is 61.2 Å². The van der Waals surface area contributed by atoms with Crippen molar-refractivity contribution in [2.45, 2.75) is 37.1 Å². The third-order valence-corrected chi connectivity index (χ3v) is 7.48. The van der Waals surface area contributed by atoms with Crippen LogP contribution in [0.25, 0.3) is 5.69 Å². The molecule has 7 nitrogen and oxygen atoms in total. The Kier molecular flexibility index (Phi) is 6.92. The second kappa shape index (κ2) is 10.4. The number of rotatable bonds is 8. The Bertz CT molecular complexity index is 1250. The molecule has 1 saturated heterocycles. The summed E-state index contributed by atoms with van der Waals surface area (Å²) < 4.78 is 2.15. The normalized spacial score (nSPS) is 13.4. The third kappa shape index (κ3) is 5.31. The molecule has 1 fully saturated rings. The molecule has 5 rings (SSSR count). The summed E-state index contributed by atoms with van der Waals surface area (Å²) in [5.74, 6) is 1.51. The number of carbonyl (C=O) groups excluding carboxylic acids is 1. The number of anilines is 2. The molecule has 0 saturated carbocycles. The fraction of sp³-hybridized carbons (Fsp3) is 0.280. The highest BCUT2D eigenvalue weighted by Gasteiger charge is 2.22. The zero-order valence-corrected chi connectivity index (χ0v) is 20.6. The van der Waals surface area contributed by atoms with Crippen LogP contribution in [0.4, 0.5) is 11.6 Å². The van der Waals surface area contributed by atoms with Crippen molar-refractivity contribution >= 4 is 40.6 Å². The number of carbonyl (C=O) groups is 1. The van der Waals surface area contributed by atoms with E-state index in [1.54, 1.807) is 11.8 Å². The lowest BCUT2D eigenvalue weighted by molar-refractivity contribution is -0.115. The van der Waals surface area contributed by atoms with Crippen molar-refractivity contribution in [2.75, 3.05) is 23.3 Å². The summed E-state index contributed by atoms with van der Waals surface area (Å²) in [6, 6.07) is 18.0. The highest BCUT2D eigenvalue weighted by molar-refractivity contribution is 7.98. The van der Waals surface area contributed by atoms with Gasteiger partial charge in [-0.2, -0.15) is 0 Å². The van der Waals surface area contributed by atoms with Gasteiger partial charge in [0, 0.05) is 29.9 Å². The molecule has 2 aromatic carbocycles. The molecular weight excluding hydrogens is 464 g/mol. The van der Waals surface area contributed by atoms with Crippen LogP contribution in [0.5, 0.6) is 0 Å². The Balaban J connectivity index is 1.27. The Morgan fingerprint density at radius 2 is 1.82 bits per heavy atom. The van der Waals surface area contributed by atoms with Gasteiger partial charge < -0.3 is 10.2 Å². The molecule has 0 radical (unpaired) electrons. The lowest BCUT2D eigenvalue weighted by Gasteiger charge is -2.18. The van der Waals surface area contributed by atoms with Crippen LogP contribution in [0.2, 0.25) is 0 Å². The Hall–Kier alpha value is -3.17. The standard InChI is InChI=1S/C25H26N6OS2/c1-18-9-11-21(12-10-18)31-24(30-13-5-6-14-30)28-29-25(31)34-17-20-16-33-23(27-20)15-22(32)26-19-7-3-2-4-8-19/h2-4,7-12,16H,5-6,13-15,17H2,1H3,(H,26,32). The van der Waals surface area contributed by atoms with Gasteiger partial charge in [-0.1, -0.05) is 47.7 Å². The average Bonchev–Trinajstić information content (AvgIpc) is 3.60. The number of aromatic nitrogens is 4. The monoisotopic (exact) mass is 490 g/mol. The lowest BCUT2D eigenvalue weighted by Crippen LogP contribution is -2.22. The van der Waals surface area contributed by atoms with E-state index in [0.717, 1.165) is 46.3 Å². The average molecular weight is 491 g/mol. The van der Waals surface area contributed by atoms with Crippen molar-refractivity contribution in [1.82, 2.24) is 19.7 Å². The van der Waals surface area contributed by atoms with E-state index in [0.29, 0.717) is 5.75 Å². The molecule has 4 aromatic rings. The maximum Gasteiger partial charge on any atom is 0.232 e. The number of hydrogen-bond acceptors (Lipinski definition) is 7. The molecule has 1 aliphatic heterocycles. The first-order valence-corrected chi connectivity index (χ1v) is 13.2. The maximum absolute atomic E-state index is 12.3. The minimum absolute atomic E-state index is 0.0610. The number of nitrogens with one attached hydrogen (secondary N) is 1. The van der Waals surface area contributed by atoms with Crippen molar-refractivity contribution in [3.8, 4) is 5.69 Å². The highest BCUT2D eigenvalue weighted by Crippen LogP contribution is 2.30. The zero-order chi connectivity index (χ0) is 23.3. The van der Waals surface area contributed by atoms with E-state index < -0.39 is 0 Å². The third-order valence-electron chi connectivity index (χ3n) is 5.62. The summed E-state index contributed by atoms with van der Waals surface area (Å²) >= 11 is 3.13. The molecule has 0 spiro atoms. The number of nitrogens with zero attached hydrogens (tertiary/aromatic N) is 5. The molecule has 0 atom stereocenters. The van der Waals surface area contributed by atoms with Crippen LogP contribution in [0.15, 0.2) is 65.1 Å². The van der Waals surface area contributed by atoms with E-state index in [-0.39, 0.29) is 12.3 Å². The van der Waals surface area contributed by atoms with Crippen LogP contribution in [-0.4, -0.2) is 38.7 Å². The summed E-state index contributed by atoms with van der Waals surface area (Å²) in [5, 5.41) is 15.7. The van der Waals surface area contributed by atoms with Gasteiger partial charge in [0.2, 0.25) is 11.9 Å². The summed E-state index contributed by atoms with van der Waals surface area (Å²) in [6.45, 7) is 4.11. The van der Waals surface area contributed by atoms with Gasteiger partial charge in [-0.15, -0.1) is 21.5 Å². The van der Waals surface area contributed by atoms with E-state index in [1.165, 1.54) is 29.7 Å². The van der Waals surface area contributed by atoms with Gasteiger partial charge in [-0.25, -0.2) is 4.98 Å². The molecule has 1 aliphatic rings. The van der Waals surface area contributed by atoms with Crippen LogP contribution in [-0.2, 0) is 17.0 Å². The number of thiazole rings is 1. The van der Waals surface area contributed by atoms with Crippen LogP contribution < -0.4 is 10.2 Å². The first kappa shape index (κ1) is 22.6. The topological polar surface area (TPSA) is 75.9 Å². The van der Waals surface area contributed by atoms with Gasteiger partial charge in [0.25, 0.3) is 0 Å². The number of aryl methyl sites for hydroxylation is 1. The fourth-order valence-corrected chi connectivity index (χ4v) is 5.63. The molecule has 34 heavy (non-hydrogen) atoms. The van der Waals surface area contributed by atoms with Crippen LogP contribution in [0, 0.1) is 6.92 Å². The number of hydrogen-bond donors (Lipinski definition) is 1. The number of benzene rings is 2. The van der Waals surface area contributed by atoms with Crippen molar-refractivity contribution in [2.24, 2.45) is 0 Å². The Labute approximate surface area is 207 Å². The minimum atomic E-state index is -0.0610. The second-order valence-electron chi connectivity index (χ2n) is 8.26. The van der Waals surface area contributed by atoms with E-state index in [1.807, 2.05) is 35.7 Å². The molecule has 0 unspecified atom stereocenters. The van der Waals surface area contributed by atoms with Crippen molar-refractivity contribution in [3.05, 3.63) is 76.2 Å². The minimum Gasteiger partial charge on any atom is -0.341 e. The first-order valence-electron chi connectivity index (χ1n) is 11.3. The number of para-hydroxylation sites is 1. The van der Waals surface area contributed by atoms with Crippen LogP contribution in [0.3, 0.4) is 0 Å². The van der Waals surface area contributed by atoms with E-state index >= 15 is 0 Å². The second-order valence-corrected chi connectivity index (χ2v) is 10.1. The molecule has 0 aliphatic carbocycles. The maximum atomic E-state index is 12.3. The molecule has 174 valence electrons. The van der Waals surface area contributed by atoms with Gasteiger partial charge >= 0.3 is 0 Å². The fourth-order valence-electron chi connectivity index (χ4n) is 3.90. The quantitative estimate of drug-likeness (QED) is 0.346. The number of thioether (sulfide) groups is 1. The Morgan fingerprint density at radius 3 is 2.59 bits per heavy atom.